The molecule has 2 aromatic heterocycles. The Balaban J connectivity index is 1.47. The van der Waals surface area contributed by atoms with Crippen molar-refractivity contribution in [2.24, 2.45) is 0 Å². The Kier molecular flexibility index (Phi) is 6.23. The van der Waals surface area contributed by atoms with E-state index in [1.54, 1.807) is 48.0 Å². The number of halogens is 2. The number of nitrogens with zero attached hydrogens (tertiary/aromatic N) is 2. The topological polar surface area (TPSA) is 54.9 Å². The number of amides is 1. The molecule has 0 atom stereocenters. The summed E-state index contributed by atoms with van der Waals surface area (Å²) >= 11 is 13.5. The first kappa shape index (κ1) is 20.3. The number of nitrogens with one attached hydrogen (secondary N) is 1. The number of benzene rings is 2. The minimum absolute atomic E-state index is 0.242. The number of aromatic nitrogens is 2. The Labute approximate surface area is 187 Å². The maximum Gasteiger partial charge on any atom is 0.248 e. The summed E-state index contributed by atoms with van der Waals surface area (Å²) in [4.78, 5) is 21.0. The fraction of sp³-hybridized carbons (Fsp3) is 0. The van der Waals surface area contributed by atoms with E-state index in [4.69, 9.17) is 28.2 Å². The largest absolute Gasteiger partial charge is 0.322 e. The molecule has 4 aromatic rings. The third-order valence-electron chi connectivity index (χ3n) is 4.23. The molecule has 0 saturated carbocycles. The van der Waals surface area contributed by atoms with E-state index < -0.39 is 0 Å². The number of hydrogen-bond acceptors (Lipinski definition) is 4. The molecule has 0 aliphatic rings. The van der Waals surface area contributed by atoms with Gasteiger partial charge in [-0.2, -0.15) is 0 Å². The first-order valence-electron chi connectivity index (χ1n) is 8.99. The smallest absolute Gasteiger partial charge is 0.248 e. The van der Waals surface area contributed by atoms with Crippen molar-refractivity contribution in [3.05, 3.63) is 94.1 Å². The van der Waals surface area contributed by atoms with E-state index in [0.717, 1.165) is 27.4 Å². The van der Waals surface area contributed by atoms with Crippen molar-refractivity contribution in [2.75, 3.05) is 5.32 Å². The van der Waals surface area contributed by atoms with Crippen LogP contribution in [0.4, 0.5) is 5.69 Å². The summed E-state index contributed by atoms with van der Waals surface area (Å²) in [7, 11) is 0. The highest BCUT2D eigenvalue weighted by atomic mass is 35.5. The molecule has 0 radical (unpaired) electrons. The Bertz CT molecular complexity index is 1220. The van der Waals surface area contributed by atoms with Gasteiger partial charge in [0.1, 0.15) is 5.01 Å². The van der Waals surface area contributed by atoms with Gasteiger partial charge < -0.3 is 5.32 Å². The van der Waals surface area contributed by atoms with Gasteiger partial charge in [-0.3, -0.25) is 9.78 Å². The molecule has 30 heavy (non-hydrogen) atoms. The lowest BCUT2D eigenvalue weighted by Crippen LogP contribution is -2.07. The summed E-state index contributed by atoms with van der Waals surface area (Å²) in [6.07, 6.45) is 6.63. The second-order valence-corrected chi connectivity index (χ2v) is 8.02. The Hall–Kier alpha value is -2.99. The third kappa shape index (κ3) is 4.94. The van der Waals surface area contributed by atoms with Crippen LogP contribution in [0.25, 0.3) is 27.9 Å². The van der Waals surface area contributed by atoms with Crippen LogP contribution in [0.2, 0.25) is 10.0 Å². The standard InChI is InChI=1S/C23H15Cl2N3OS/c24-19-6-4-15(12-20(19)25)5-7-22(29)27-18-3-1-2-17(13-18)21-14-30-23(28-21)16-8-10-26-11-9-16/h1-14H,(H,27,29)/b7-5+. The molecule has 4 nitrogen and oxygen atoms in total. The highest BCUT2D eigenvalue weighted by molar-refractivity contribution is 7.13. The van der Waals surface area contributed by atoms with E-state index >= 15 is 0 Å². The highest BCUT2D eigenvalue weighted by Crippen LogP contribution is 2.29. The summed E-state index contributed by atoms with van der Waals surface area (Å²) in [6, 6.07) is 16.6. The molecular formula is C23H15Cl2N3OS. The van der Waals surface area contributed by atoms with Gasteiger partial charge in [0, 0.05) is 40.7 Å². The second kappa shape index (κ2) is 9.22. The average Bonchev–Trinajstić information content (AvgIpc) is 3.26. The molecule has 148 valence electrons. The molecule has 0 aliphatic carbocycles. The number of pyridine rings is 1. The van der Waals surface area contributed by atoms with Crippen molar-refractivity contribution < 1.29 is 4.79 Å². The quantitative estimate of drug-likeness (QED) is 0.338. The van der Waals surface area contributed by atoms with Gasteiger partial charge >= 0.3 is 0 Å². The molecule has 0 aliphatic heterocycles. The number of anilines is 1. The normalized spacial score (nSPS) is 11.0. The van der Waals surface area contributed by atoms with Crippen molar-refractivity contribution in [1.82, 2.24) is 9.97 Å². The maximum atomic E-state index is 12.3. The number of carbonyl (C=O) groups excluding carboxylic acids is 1. The summed E-state index contributed by atoms with van der Waals surface area (Å²) in [5.74, 6) is -0.242. The fourth-order valence-electron chi connectivity index (χ4n) is 2.76. The van der Waals surface area contributed by atoms with Gasteiger partial charge in [-0.1, -0.05) is 41.4 Å². The zero-order valence-corrected chi connectivity index (χ0v) is 17.9. The predicted molar refractivity (Wildman–Crippen MR) is 125 cm³/mol. The van der Waals surface area contributed by atoms with Crippen LogP contribution >= 0.6 is 34.5 Å². The lowest BCUT2D eigenvalue weighted by atomic mass is 10.1. The van der Waals surface area contributed by atoms with Crippen LogP contribution in [0.5, 0.6) is 0 Å². The van der Waals surface area contributed by atoms with Crippen molar-refractivity contribution >= 4 is 52.2 Å². The van der Waals surface area contributed by atoms with Crippen LogP contribution < -0.4 is 5.32 Å². The summed E-state index contributed by atoms with van der Waals surface area (Å²) in [6.45, 7) is 0. The Morgan fingerprint density at radius 1 is 0.967 bits per heavy atom. The maximum absolute atomic E-state index is 12.3. The van der Waals surface area contributed by atoms with Gasteiger partial charge in [-0.05, 0) is 48.0 Å². The van der Waals surface area contributed by atoms with Gasteiger partial charge in [0.25, 0.3) is 0 Å². The Morgan fingerprint density at radius 3 is 2.60 bits per heavy atom. The van der Waals surface area contributed by atoms with Gasteiger partial charge in [0.2, 0.25) is 5.91 Å². The van der Waals surface area contributed by atoms with Crippen LogP contribution in [0.1, 0.15) is 5.56 Å². The fourth-order valence-corrected chi connectivity index (χ4v) is 3.90. The van der Waals surface area contributed by atoms with Crippen molar-refractivity contribution in [3.63, 3.8) is 0 Å². The van der Waals surface area contributed by atoms with Crippen molar-refractivity contribution in [1.29, 1.82) is 0 Å². The molecule has 0 fully saturated rings. The monoisotopic (exact) mass is 451 g/mol. The second-order valence-electron chi connectivity index (χ2n) is 6.35. The molecule has 1 amide bonds. The average molecular weight is 452 g/mol. The molecule has 0 spiro atoms. The van der Waals surface area contributed by atoms with Crippen LogP contribution in [-0.2, 0) is 4.79 Å². The van der Waals surface area contributed by atoms with Crippen LogP contribution in [0, 0.1) is 0 Å². The van der Waals surface area contributed by atoms with Gasteiger partial charge in [0.15, 0.2) is 0 Å². The number of rotatable bonds is 5. The molecule has 2 heterocycles. The van der Waals surface area contributed by atoms with E-state index in [0.29, 0.717) is 15.7 Å². The van der Waals surface area contributed by atoms with Crippen LogP contribution in [0.15, 0.2) is 78.4 Å². The molecule has 0 bridgehead atoms. The minimum atomic E-state index is -0.242. The number of thiazole rings is 1. The molecule has 2 aromatic carbocycles. The third-order valence-corrected chi connectivity index (χ3v) is 5.86. The summed E-state index contributed by atoms with van der Waals surface area (Å²) in [5, 5.41) is 6.71. The lowest BCUT2D eigenvalue weighted by molar-refractivity contribution is -0.111. The first-order valence-corrected chi connectivity index (χ1v) is 10.6. The van der Waals surface area contributed by atoms with Crippen LogP contribution in [0.3, 0.4) is 0 Å². The minimum Gasteiger partial charge on any atom is -0.322 e. The van der Waals surface area contributed by atoms with Gasteiger partial charge in [-0.15, -0.1) is 11.3 Å². The van der Waals surface area contributed by atoms with Gasteiger partial charge in [0.05, 0.1) is 15.7 Å². The summed E-state index contributed by atoms with van der Waals surface area (Å²) in [5.41, 5.74) is 4.29. The zero-order chi connectivity index (χ0) is 20.9. The van der Waals surface area contributed by atoms with Crippen LogP contribution in [-0.4, -0.2) is 15.9 Å². The number of hydrogen-bond donors (Lipinski definition) is 1. The summed E-state index contributed by atoms with van der Waals surface area (Å²) < 4.78 is 0. The van der Waals surface area contributed by atoms with E-state index in [9.17, 15) is 4.79 Å². The molecule has 1 N–H and O–H groups in total. The van der Waals surface area contributed by atoms with E-state index in [1.807, 2.05) is 41.8 Å². The molecule has 7 heteroatoms. The first-order chi connectivity index (χ1) is 14.6. The number of carbonyl (C=O) groups is 1. The molecule has 0 saturated heterocycles. The SMILES string of the molecule is O=C(/C=C/c1ccc(Cl)c(Cl)c1)Nc1cccc(-c2csc(-c3ccncc3)n2)c1. The molecule has 4 rings (SSSR count). The molecule has 0 unspecified atom stereocenters. The van der Waals surface area contributed by atoms with Crippen molar-refractivity contribution in [2.45, 2.75) is 0 Å². The lowest BCUT2D eigenvalue weighted by Gasteiger charge is -2.04. The van der Waals surface area contributed by atoms with E-state index in [-0.39, 0.29) is 5.91 Å². The highest BCUT2D eigenvalue weighted by Gasteiger charge is 2.08. The Morgan fingerprint density at radius 2 is 1.80 bits per heavy atom. The van der Waals surface area contributed by atoms with E-state index in [1.165, 1.54) is 6.08 Å². The predicted octanol–water partition coefficient (Wildman–Crippen LogP) is 6.83. The van der Waals surface area contributed by atoms with Gasteiger partial charge in [-0.25, -0.2) is 4.98 Å². The van der Waals surface area contributed by atoms with Crippen molar-refractivity contribution in [3.8, 4) is 21.8 Å². The zero-order valence-electron chi connectivity index (χ0n) is 15.5. The molecular weight excluding hydrogens is 437 g/mol. The van der Waals surface area contributed by atoms with E-state index in [2.05, 4.69) is 10.3 Å².